The molecule has 0 aromatic carbocycles. The molecule has 15 heavy (non-hydrogen) atoms. The minimum absolute atomic E-state index is 0.0852. The van der Waals surface area contributed by atoms with Gasteiger partial charge in [0.1, 0.15) is 0 Å². The van der Waals surface area contributed by atoms with Crippen molar-refractivity contribution in [2.75, 3.05) is 0 Å². The Labute approximate surface area is 94.0 Å². The number of nitrogens with zero attached hydrogens (tertiary/aromatic N) is 1. The van der Waals surface area contributed by atoms with Crippen LogP contribution >= 0.6 is 0 Å². The van der Waals surface area contributed by atoms with Crippen LogP contribution in [0.2, 0.25) is 13.1 Å². The molecule has 1 aromatic heterocycles. The maximum Gasteiger partial charge on any atom is 0.205 e. The van der Waals surface area contributed by atoms with E-state index < -0.39 is 9.04 Å². The van der Waals surface area contributed by atoms with Crippen LogP contribution in [0, 0.1) is 12.3 Å². The molecule has 0 aliphatic rings. The van der Waals surface area contributed by atoms with Crippen LogP contribution in [0.1, 0.15) is 38.3 Å². The van der Waals surface area contributed by atoms with E-state index in [4.69, 9.17) is 4.43 Å². The molecule has 0 saturated carbocycles. The van der Waals surface area contributed by atoms with E-state index in [9.17, 15) is 0 Å². The zero-order valence-electron chi connectivity index (χ0n) is 10.5. The Bertz CT molecular complexity index is 315. The topological polar surface area (TPSA) is 37.9 Å². The lowest BCUT2D eigenvalue weighted by molar-refractivity contribution is 0.0825. The zero-order valence-corrected chi connectivity index (χ0v) is 11.5. The van der Waals surface area contributed by atoms with Gasteiger partial charge in [-0.3, -0.25) is 0 Å². The van der Waals surface area contributed by atoms with Gasteiger partial charge < -0.3 is 9.41 Å². The molecule has 0 fully saturated rings. The molecule has 1 N–H and O–H groups in total. The Balaban J connectivity index is 2.97. The Morgan fingerprint density at radius 3 is 2.33 bits per heavy atom. The van der Waals surface area contributed by atoms with E-state index >= 15 is 0 Å². The van der Waals surface area contributed by atoms with Gasteiger partial charge in [-0.2, -0.15) is 0 Å². The highest BCUT2D eigenvalue weighted by atomic mass is 28.3. The van der Waals surface area contributed by atoms with Crippen molar-refractivity contribution in [1.29, 1.82) is 0 Å². The summed E-state index contributed by atoms with van der Waals surface area (Å²) in [6.07, 6.45) is 1.83. The highest BCUT2D eigenvalue weighted by Gasteiger charge is 2.30. The van der Waals surface area contributed by atoms with Crippen molar-refractivity contribution >= 4 is 9.04 Å². The summed E-state index contributed by atoms with van der Waals surface area (Å²) in [4.78, 5) is 7.49. The first-order chi connectivity index (χ1) is 6.82. The molecule has 0 spiro atoms. The van der Waals surface area contributed by atoms with Gasteiger partial charge in [0.2, 0.25) is 9.04 Å². The van der Waals surface area contributed by atoms with Gasteiger partial charge in [0.25, 0.3) is 0 Å². The van der Waals surface area contributed by atoms with E-state index in [-0.39, 0.29) is 11.5 Å². The molecular formula is C11H21N2OSi. The quantitative estimate of drug-likeness (QED) is 0.803. The third-order valence-corrected chi connectivity index (χ3v) is 2.96. The molecule has 0 amide bonds. The fraction of sp³-hybridized carbons (Fsp3) is 0.727. The van der Waals surface area contributed by atoms with E-state index in [0.717, 1.165) is 11.4 Å². The van der Waals surface area contributed by atoms with Crippen LogP contribution in [0.15, 0.2) is 6.33 Å². The van der Waals surface area contributed by atoms with E-state index in [1.165, 1.54) is 0 Å². The van der Waals surface area contributed by atoms with E-state index in [0.29, 0.717) is 0 Å². The standard InChI is InChI=1S/C11H21N2OSi/c1-8-9(13-7-12-8)10(11(2,3)4)14-15(5)6/h7,10H,1-6H3,(H,12,13). The number of aryl methyl sites for hydroxylation is 1. The summed E-state index contributed by atoms with van der Waals surface area (Å²) in [5, 5.41) is 0. The fourth-order valence-electron chi connectivity index (χ4n) is 1.51. The van der Waals surface area contributed by atoms with Gasteiger partial charge >= 0.3 is 0 Å². The third kappa shape index (κ3) is 3.17. The Morgan fingerprint density at radius 2 is 2.00 bits per heavy atom. The van der Waals surface area contributed by atoms with Crippen LogP contribution in [-0.4, -0.2) is 19.0 Å². The molecule has 1 unspecified atom stereocenters. The minimum atomic E-state index is -0.711. The molecule has 0 aliphatic carbocycles. The molecular weight excluding hydrogens is 204 g/mol. The maximum absolute atomic E-state index is 6.06. The highest BCUT2D eigenvalue weighted by molar-refractivity contribution is 6.48. The normalized spacial score (nSPS) is 14.6. The van der Waals surface area contributed by atoms with Crippen molar-refractivity contribution in [2.45, 2.75) is 46.9 Å². The molecule has 1 radical (unpaired) electrons. The second kappa shape index (κ2) is 4.49. The molecule has 0 bridgehead atoms. The number of aromatic nitrogens is 2. The van der Waals surface area contributed by atoms with Gasteiger partial charge in [0, 0.05) is 5.69 Å². The first kappa shape index (κ1) is 12.5. The number of hydrogen-bond donors (Lipinski definition) is 1. The average Bonchev–Trinajstić information content (AvgIpc) is 2.45. The van der Waals surface area contributed by atoms with E-state index in [2.05, 4.69) is 43.8 Å². The summed E-state index contributed by atoms with van der Waals surface area (Å²) in [5.41, 5.74) is 2.24. The van der Waals surface area contributed by atoms with Crippen LogP contribution in [0.5, 0.6) is 0 Å². The van der Waals surface area contributed by atoms with Gasteiger partial charge in [-0.05, 0) is 25.4 Å². The predicted molar refractivity (Wildman–Crippen MR) is 64.1 cm³/mol. The van der Waals surface area contributed by atoms with E-state index in [1.807, 2.05) is 6.92 Å². The second-order valence-electron chi connectivity index (χ2n) is 5.18. The number of aromatic amines is 1. The van der Waals surface area contributed by atoms with Crippen LogP contribution < -0.4 is 0 Å². The lowest BCUT2D eigenvalue weighted by Gasteiger charge is -2.31. The van der Waals surface area contributed by atoms with Crippen LogP contribution in [-0.2, 0) is 4.43 Å². The van der Waals surface area contributed by atoms with Crippen molar-refractivity contribution in [3.05, 3.63) is 17.7 Å². The second-order valence-corrected chi connectivity index (χ2v) is 7.24. The molecule has 3 nitrogen and oxygen atoms in total. The fourth-order valence-corrected chi connectivity index (χ4v) is 2.45. The number of nitrogens with one attached hydrogen (secondary N) is 1. The Morgan fingerprint density at radius 1 is 1.40 bits per heavy atom. The molecule has 85 valence electrons. The molecule has 1 atom stereocenters. The van der Waals surface area contributed by atoms with Crippen LogP contribution in [0.4, 0.5) is 0 Å². The van der Waals surface area contributed by atoms with Gasteiger partial charge in [-0.15, -0.1) is 0 Å². The van der Waals surface area contributed by atoms with Gasteiger partial charge in [0.05, 0.1) is 18.1 Å². The van der Waals surface area contributed by atoms with Gasteiger partial charge in [-0.25, -0.2) is 4.98 Å². The summed E-state index contributed by atoms with van der Waals surface area (Å²) < 4.78 is 6.06. The molecule has 1 heterocycles. The first-order valence-corrected chi connectivity index (χ1v) is 7.70. The SMILES string of the molecule is Cc1[nH]cnc1C(O[Si](C)C)C(C)(C)C. The summed E-state index contributed by atoms with van der Waals surface area (Å²) in [6, 6.07) is 0. The largest absolute Gasteiger partial charge is 0.408 e. The van der Waals surface area contributed by atoms with Gasteiger partial charge in [0.15, 0.2) is 0 Å². The smallest absolute Gasteiger partial charge is 0.205 e. The lowest BCUT2D eigenvalue weighted by Crippen LogP contribution is -2.26. The number of hydrogen-bond acceptors (Lipinski definition) is 2. The third-order valence-electron chi connectivity index (χ3n) is 2.26. The number of rotatable bonds is 3. The van der Waals surface area contributed by atoms with Gasteiger partial charge in [-0.1, -0.05) is 20.8 Å². The minimum Gasteiger partial charge on any atom is -0.408 e. The Hall–Kier alpha value is -0.613. The summed E-state index contributed by atoms with van der Waals surface area (Å²) >= 11 is 0. The van der Waals surface area contributed by atoms with Crippen molar-refractivity contribution in [3.63, 3.8) is 0 Å². The maximum atomic E-state index is 6.06. The predicted octanol–water partition coefficient (Wildman–Crippen LogP) is 3.07. The number of H-pyrrole nitrogens is 1. The summed E-state index contributed by atoms with van der Waals surface area (Å²) in [5.74, 6) is 0. The number of imidazole rings is 1. The Kier molecular flexibility index (Phi) is 3.73. The van der Waals surface area contributed by atoms with Crippen molar-refractivity contribution < 1.29 is 4.43 Å². The lowest BCUT2D eigenvalue weighted by atomic mass is 9.87. The monoisotopic (exact) mass is 225 g/mol. The molecule has 1 aromatic rings. The van der Waals surface area contributed by atoms with Crippen LogP contribution in [0.25, 0.3) is 0 Å². The highest BCUT2D eigenvalue weighted by Crippen LogP contribution is 2.36. The molecule has 4 heteroatoms. The zero-order chi connectivity index (χ0) is 11.6. The van der Waals surface area contributed by atoms with Crippen molar-refractivity contribution in [1.82, 2.24) is 9.97 Å². The summed E-state index contributed by atoms with van der Waals surface area (Å²) in [7, 11) is -0.711. The summed E-state index contributed by atoms with van der Waals surface area (Å²) in [6.45, 7) is 12.9. The van der Waals surface area contributed by atoms with Crippen LogP contribution in [0.3, 0.4) is 0 Å². The van der Waals surface area contributed by atoms with Crippen molar-refractivity contribution in [3.8, 4) is 0 Å². The first-order valence-electron chi connectivity index (χ1n) is 5.29. The van der Waals surface area contributed by atoms with Crippen molar-refractivity contribution in [2.24, 2.45) is 5.41 Å². The average molecular weight is 225 g/mol. The molecule has 0 aliphatic heterocycles. The van der Waals surface area contributed by atoms with E-state index in [1.54, 1.807) is 6.33 Å². The molecule has 0 saturated heterocycles. The molecule has 1 rings (SSSR count).